The molecule has 5 heterocycles. The van der Waals surface area contributed by atoms with Crippen LogP contribution >= 0.6 is 22.7 Å². The van der Waals surface area contributed by atoms with Gasteiger partial charge in [-0.2, -0.15) is 4.98 Å². The lowest BCUT2D eigenvalue weighted by molar-refractivity contribution is 0.392. The van der Waals surface area contributed by atoms with Gasteiger partial charge in [-0.3, -0.25) is 9.36 Å². The molecule has 0 aliphatic heterocycles. The van der Waals surface area contributed by atoms with E-state index in [1.807, 2.05) is 38.3 Å². The molecule has 10 heteroatoms. The number of hydrogen-bond acceptors (Lipinski definition) is 9. The van der Waals surface area contributed by atoms with Crippen molar-refractivity contribution >= 4 is 32.9 Å². The molecule has 0 aromatic carbocycles. The summed E-state index contributed by atoms with van der Waals surface area (Å²) >= 11 is 2.92. The van der Waals surface area contributed by atoms with E-state index in [1.165, 1.54) is 11.3 Å². The van der Waals surface area contributed by atoms with E-state index < -0.39 is 0 Å². The Kier molecular flexibility index (Phi) is 4.18. The fourth-order valence-electron chi connectivity index (χ4n) is 3.20. The van der Waals surface area contributed by atoms with Crippen LogP contribution in [-0.4, -0.2) is 24.8 Å². The summed E-state index contributed by atoms with van der Waals surface area (Å²) in [6.45, 7) is 5.93. The first kappa shape index (κ1) is 18.0. The highest BCUT2D eigenvalue weighted by Gasteiger charge is 2.21. The van der Waals surface area contributed by atoms with Gasteiger partial charge in [-0.25, -0.2) is 4.98 Å². The summed E-state index contributed by atoms with van der Waals surface area (Å²) in [7, 11) is 0. The molecular formula is C19H15N5O3S2. The van der Waals surface area contributed by atoms with Gasteiger partial charge in [0.25, 0.3) is 11.4 Å². The quantitative estimate of drug-likeness (QED) is 0.425. The molecule has 0 bridgehead atoms. The topological polar surface area (TPSA) is 99.8 Å². The molecule has 5 aromatic rings. The summed E-state index contributed by atoms with van der Waals surface area (Å²) in [6, 6.07) is 3.87. The maximum Gasteiger partial charge on any atom is 0.268 e. The Hall–Kier alpha value is -3.11. The summed E-state index contributed by atoms with van der Waals surface area (Å²) in [5.74, 6) is 1.63. The normalized spacial score (nSPS) is 11.6. The number of fused-ring (bicyclic) bond motifs is 1. The van der Waals surface area contributed by atoms with Crippen LogP contribution in [0.15, 0.2) is 37.7 Å². The number of aryl methyl sites for hydroxylation is 3. The second-order valence-electron chi connectivity index (χ2n) is 6.62. The first-order valence-electron chi connectivity index (χ1n) is 8.81. The van der Waals surface area contributed by atoms with Crippen LogP contribution < -0.4 is 5.56 Å². The second kappa shape index (κ2) is 6.75. The van der Waals surface area contributed by atoms with E-state index >= 15 is 0 Å². The molecule has 0 aliphatic carbocycles. The molecule has 0 amide bonds. The summed E-state index contributed by atoms with van der Waals surface area (Å²) in [5, 5.41) is 10.5. The molecule has 146 valence electrons. The SMILES string of the molecule is Cc1noc(C)c1Cn1cnc2sc(-c3nc(-c4cccs4)no3)c(C)c2c1=O. The van der Waals surface area contributed by atoms with Crippen molar-refractivity contribution in [2.24, 2.45) is 0 Å². The van der Waals surface area contributed by atoms with E-state index in [0.29, 0.717) is 34.2 Å². The smallest absolute Gasteiger partial charge is 0.268 e. The Labute approximate surface area is 172 Å². The van der Waals surface area contributed by atoms with Gasteiger partial charge in [0.2, 0.25) is 5.82 Å². The average molecular weight is 425 g/mol. The first-order chi connectivity index (χ1) is 14.0. The number of rotatable bonds is 4. The Morgan fingerprint density at radius 1 is 1.17 bits per heavy atom. The van der Waals surface area contributed by atoms with Gasteiger partial charge in [-0.05, 0) is 37.8 Å². The van der Waals surface area contributed by atoms with Gasteiger partial charge in [-0.15, -0.1) is 22.7 Å². The van der Waals surface area contributed by atoms with Gasteiger partial charge < -0.3 is 9.05 Å². The molecule has 0 aliphatic rings. The van der Waals surface area contributed by atoms with Crippen LogP contribution in [0.1, 0.15) is 22.6 Å². The molecule has 0 saturated carbocycles. The fourth-order valence-corrected chi connectivity index (χ4v) is 4.91. The van der Waals surface area contributed by atoms with Crippen molar-refractivity contribution in [1.29, 1.82) is 0 Å². The monoisotopic (exact) mass is 425 g/mol. The maximum absolute atomic E-state index is 13.1. The van der Waals surface area contributed by atoms with Crippen LogP contribution in [0.5, 0.6) is 0 Å². The summed E-state index contributed by atoms with van der Waals surface area (Å²) in [6.07, 6.45) is 1.56. The lowest BCUT2D eigenvalue weighted by Crippen LogP contribution is -2.21. The van der Waals surface area contributed by atoms with Crippen LogP contribution in [-0.2, 0) is 6.54 Å². The third kappa shape index (κ3) is 2.91. The van der Waals surface area contributed by atoms with E-state index in [1.54, 1.807) is 22.2 Å². The molecule has 0 N–H and O–H groups in total. The minimum Gasteiger partial charge on any atom is -0.361 e. The molecule has 0 spiro atoms. The summed E-state index contributed by atoms with van der Waals surface area (Å²) < 4.78 is 12.2. The van der Waals surface area contributed by atoms with Crippen LogP contribution in [0.25, 0.3) is 31.7 Å². The predicted octanol–water partition coefficient (Wildman–Crippen LogP) is 4.20. The summed E-state index contributed by atoms with van der Waals surface area (Å²) in [4.78, 5) is 24.5. The van der Waals surface area contributed by atoms with E-state index in [9.17, 15) is 4.79 Å². The maximum atomic E-state index is 13.1. The molecule has 0 saturated heterocycles. The zero-order chi connectivity index (χ0) is 20.1. The molecule has 29 heavy (non-hydrogen) atoms. The van der Waals surface area contributed by atoms with Crippen LogP contribution in [0.3, 0.4) is 0 Å². The van der Waals surface area contributed by atoms with Gasteiger partial charge in [0.05, 0.1) is 33.7 Å². The van der Waals surface area contributed by atoms with Gasteiger partial charge in [0, 0.05) is 5.56 Å². The van der Waals surface area contributed by atoms with Gasteiger partial charge in [0.15, 0.2) is 0 Å². The Morgan fingerprint density at radius 3 is 2.76 bits per heavy atom. The van der Waals surface area contributed by atoms with Crippen molar-refractivity contribution in [2.75, 3.05) is 0 Å². The lowest BCUT2D eigenvalue weighted by Gasteiger charge is -2.05. The highest BCUT2D eigenvalue weighted by atomic mass is 32.1. The minimum absolute atomic E-state index is 0.118. The number of thiophene rings is 2. The number of hydrogen-bond donors (Lipinski definition) is 0. The Morgan fingerprint density at radius 2 is 2.03 bits per heavy atom. The molecular weight excluding hydrogens is 410 g/mol. The van der Waals surface area contributed by atoms with Crippen molar-refractivity contribution in [3.63, 3.8) is 0 Å². The number of nitrogens with zero attached hydrogens (tertiary/aromatic N) is 5. The van der Waals surface area contributed by atoms with Crippen molar-refractivity contribution in [3.05, 3.63) is 56.8 Å². The summed E-state index contributed by atoms with van der Waals surface area (Å²) in [5.41, 5.74) is 2.33. The molecule has 5 rings (SSSR count). The molecule has 0 fully saturated rings. The highest BCUT2D eigenvalue weighted by Crippen LogP contribution is 2.36. The van der Waals surface area contributed by atoms with Crippen molar-refractivity contribution in [1.82, 2.24) is 24.8 Å². The van der Waals surface area contributed by atoms with Gasteiger partial charge >= 0.3 is 0 Å². The highest BCUT2D eigenvalue weighted by molar-refractivity contribution is 7.22. The van der Waals surface area contributed by atoms with E-state index in [-0.39, 0.29) is 5.56 Å². The molecule has 0 radical (unpaired) electrons. The molecule has 8 nitrogen and oxygen atoms in total. The van der Waals surface area contributed by atoms with E-state index in [2.05, 4.69) is 20.3 Å². The van der Waals surface area contributed by atoms with E-state index in [4.69, 9.17) is 9.05 Å². The third-order valence-electron chi connectivity index (χ3n) is 4.79. The van der Waals surface area contributed by atoms with Gasteiger partial charge in [-0.1, -0.05) is 16.4 Å². The van der Waals surface area contributed by atoms with Crippen LogP contribution in [0.4, 0.5) is 0 Å². The van der Waals surface area contributed by atoms with Gasteiger partial charge in [0.1, 0.15) is 10.6 Å². The lowest BCUT2D eigenvalue weighted by atomic mass is 10.2. The second-order valence-corrected chi connectivity index (χ2v) is 8.56. The zero-order valence-electron chi connectivity index (χ0n) is 15.8. The number of aromatic nitrogens is 5. The molecule has 0 atom stereocenters. The standard InChI is InChI=1S/C19H15N5O3S2/c1-9-14-18(20-8-24(19(14)25)7-12-10(2)22-26-11(12)3)29-15(9)17-21-16(23-27-17)13-5-4-6-28-13/h4-6,8H,7H2,1-3H3. The minimum atomic E-state index is -0.118. The van der Waals surface area contributed by atoms with Crippen LogP contribution in [0, 0.1) is 20.8 Å². The molecule has 5 aromatic heterocycles. The van der Waals surface area contributed by atoms with Crippen molar-refractivity contribution in [2.45, 2.75) is 27.3 Å². The Bertz CT molecular complexity index is 1370. The zero-order valence-corrected chi connectivity index (χ0v) is 17.4. The third-order valence-corrected chi connectivity index (χ3v) is 6.84. The van der Waals surface area contributed by atoms with Crippen molar-refractivity contribution < 1.29 is 9.05 Å². The first-order valence-corrected chi connectivity index (χ1v) is 10.5. The average Bonchev–Trinajstić information content (AvgIpc) is 3.48. The van der Waals surface area contributed by atoms with Crippen molar-refractivity contribution in [3.8, 4) is 21.5 Å². The largest absolute Gasteiger partial charge is 0.361 e. The Balaban J connectivity index is 1.59. The van der Waals surface area contributed by atoms with Crippen LogP contribution in [0.2, 0.25) is 0 Å². The predicted molar refractivity (Wildman–Crippen MR) is 110 cm³/mol. The van der Waals surface area contributed by atoms with E-state index in [0.717, 1.165) is 26.6 Å². The molecule has 0 unspecified atom stereocenters. The fraction of sp³-hybridized carbons (Fsp3) is 0.211.